The molecule has 0 aromatic rings. The number of halogens is 3. The molecule has 2 rings (SSSR count). The molecule has 0 aliphatic heterocycles. The number of fused-ring (bicyclic) bond motifs is 2. The molecule has 0 heterocycles. The number of aliphatic hydroxyl groups is 1. The summed E-state index contributed by atoms with van der Waals surface area (Å²) in [4.78, 5) is 0. The summed E-state index contributed by atoms with van der Waals surface area (Å²) >= 11 is 0. The van der Waals surface area contributed by atoms with E-state index in [0.29, 0.717) is 12.3 Å². The molecule has 0 aromatic carbocycles. The van der Waals surface area contributed by atoms with E-state index in [1.54, 1.807) is 6.92 Å². The normalized spacial score (nSPS) is 44.4. The summed E-state index contributed by atoms with van der Waals surface area (Å²) in [6.45, 7) is 2.54. The number of alkyl halides is 3. The minimum Gasteiger partial charge on any atom is -0.380 e. The molecular weight excluding hydrogens is 205 g/mol. The van der Waals surface area contributed by atoms with Crippen LogP contribution in [0, 0.1) is 17.3 Å². The van der Waals surface area contributed by atoms with Gasteiger partial charge in [0.15, 0.2) is 5.60 Å². The molecule has 0 saturated heterocycles. The molecule has 2 saturated carbocycles. The van der Waals surface area contributed by atoms with Crippen molar-refractivity contribution in [1.82, 2.24) is 0 Å². The van der Waals surface area contributed by atoms with Crippen LogP contribution in [-0.4, -0.2) is 16.9 Å². The Morgan fingerprint density at radius 2 is 1.87 bits per heavy atom. The summed E-state index contributed by atoms with van der Waals surface area (Å²) in [5.41, 5.74) is -3.52. The van der Waals surface area contributed by atoms with Gasteiger partial charge in [0.25, 0.3) is 0 Å². The largest absolute Gasteiger partial charge is 0.417 e. The van der Waals surface area contributed by atoms with Gasteiger partial charge in [-0.15, -0.1) is 0 Å². The maximum absolute atomic E-state index is 12.8. The molecule has 2 aliphatic carbocycles. The predicted octanol–water partition coefficient (Wildman–Crippen LogP) is 3.13. The summed E-state index contributed by atoms with van der Waals surface area (Å²) in [6.07, 6.45) is -1.26. The maximum atomic E-state index is 12.8. The standard InChI is InChI=1S/C11H17F3O/c1-9(10(2,15)11(12,13)14)6-7-3-4-8(9)5-7/h7-8,15H,3-6H2,1-2H3. The molecule has 0 amide bonds. The fourth-order valence-electron chi connectivity index (χ4n) is 3.53. The number of rotatable bonds is 1. The molecule has 2 fully saturated rings. The highest BCUT2D eigenvalue weighted by Crippen LogP contribution is 2.63. The first kappa shape index (κ1) is 11.2. The molecule has 2 bridgehead atoms. The van der Waals surface area contributed by atoms with Gasteiger partial charge >= 0.3 is 6.18 Å². The van der Waals surface area contributed by atoms with Crippen LogP contribution in [0.5, 0.6) is 0 Å². The second-order valence-corrected chi connectivity index (χ2v) is 5.57. The van der Waals surface area contributed by atoms with Crippen LogP contribution < -0.4 is 0 Å². The zero-order chi connectivity index (χ0) is 11.5. The van der Waals surface area contributed by atoms with Crippen molar-refractivity contribution in [3.63, 3.8) is 0 Å². The Bertz CT molecular complexity index is 271. The highest BCUT2D eigenvalue weighted by molar-refractivity contribution is 5.09. The van der Waals surface area contributed by atoms with Gasteiger partial charge in [0.1, 0.15) is 0 Å². The van der Waals surface area contributed by atoms with E-state index in [-0.39, 0.29) is 5.92 Å². The summed E-state index contributed by atoms with van der Waals surface area (Å²) in [6, 6.07) is 0. The fraction of sp³-hybridized carbons (Fsp3) is 1.00. The molecule has 2 aliphatic rings. The smallest absolute Gasteiger partial charge is 0.380 e. The zero-order valence-electron chi connectivity index (χ0n) is 9.06. The van der Waals surface area contributed by atoms with Crippen molar-refractivity contribution < 1.29 is 18.3 Å². The molecular formula is C11H17F3O. The Kier molecular flexibility index (Phi) is 2.18. The van der Waals surface area contributed by atoms with Crippen LogP contribution in [0.4, 0.5) is 13.2 Å². The maximum Gasteiger partial charge on any atom is 0.417 e. The molecule has 4 unspecified atom stereocenters. The van der Waals surface area contributed by atoms with Crippen LogP contribution in [0.2, 0.25) is 0 Å². The quantitative estimate of drug-likeness (QED) is 0.722. The van der Waals surface area contributed by atoms with Crippen LogP contribution in [0.15, 0.2) is 0 Å². The van der Waals surface area contributed by atoms with Crippen LogP contribution in [0.1, 0.15) is 39.5 Å². The minimum atomic E-state index is -4.52. The van der Waals surface area contributed by atoms with E-state index in [1.165, 1.54) is 0 Å². The van der Waals surface area contributed by atoms with Gasteiger partial charge in [-0.1, -0.05) is 13.3 Å². The van der Waals surface area contributed by atoms with Crippen LogP contribution in [0.25, 0.3) is 0 Å². The van der Waals surface area contributed by atoms with E-state index in [1.807, 2.05) is 0 Å². The first-order valence-electron chi connectivity index (χ1n) is 5.47. The molecule has 1 N–H and O–H groups in total. The van der Waals surface area contributed by atoms with Crippen molar-refractivity contribution in [3.8, 4) is 0 Å². The Labute approximate surface area is 87.7 Å². The lowest BCUT2D eigenvalue weighted by Gasteiger charge is -2.46. The van der Waals surface area contributed by atoms with Gasteiger partial charge in [0.05, 0.1) is 0 Å². The zero-order valence-corrected chi connectivity index (χ0v) is 9.06. The summed E-state index contributed by atoms with van der Waals surface area (Å²) < 4.78 is 38.4. The molecule has 0 spiro atoms. The topological polar surface area (TPSA) is 20.2 Å². The molecule has 0 radical (unpaired) electrons. The number of hydrogen-bond acceptors (Lipinski definition) is 1. The summed E-state index contributed by atoms with van der Waals surface area (Å²) in [7, 11) is 0. The molecule has 15 heavy (non-hydrogen) atoms. The lowest BCUT2D eigenvalue weighted by Crippen LogP contribution is -2.57. The van der Waals surface area contributed by atoms with Gasteiger partial charge in [-0.2, -0.15) is 13.2 Å². The Morgan fingerprint density at radius 1 is 1.27 bits per heavy atom. The first-order chi connectivity index (χ1) is 6.68. The van der Waals surface area contributed by atoms with Crippen LogP contribution in [0.3, 0.4) is 0 Å². The van der Waals surface area contributed by atoms with Crippen molar-refractivity contribution in [2.75, 3.05) is 0 Å². The third kappa shape index (κ3) is 1.33. The van der Waals surface area contributed by atoms with E-state index in [9.17, 15) is 18.3 Å². The van der Waals surface area contributed by atoms with E-state index < -0.39 is 17.2 Å². The van der Waals surface area contributed by atoms with Crippen LogP contribution in [-0.2, 0) is 0 Å². The predicted molar refractivity (Wildman–Crippen MR) is 50.2 cm³/mol. The lowest BCUT2D eigenvalue weighted by molar-refractivity contribution is -0.300. The van der Waals surface area contributed by atoms with Gasteiger partial charge in [0, 0.05) is 5.41 Å². The molecule has 1 nitrogen and oxygen atoms in total. The van der Waals surface area contributed by atoms with Crippen molar-refractivity contribution >= 4 is 0 Å². The van der Waals surface area contributed by atoms with E-state index in [2.05, 4.69) is 0 Å². The Balaban J connectivity index is 2.30. The van der Waals surface area contributed by atoms with Gasteiger partial charge in [-0.25, -0.2) is 0 Å². The van der Waals surface area contributed by atoms with Crippen molar-refractivity contribution in [1.29, 1.82) is 0 Å². The fourth-order valence-corrected chi connectivity index (χ4v) is 3.53. The third-order valence-electron chi connectivity index (χ3n) is 4.82. The van der Waals surface area contributed by atoms with Gasteiger partial charge in [0.2, 0.25) is 0 Å². The Hall–Kier alpha value is -0.250. The van der Waals surface area contributed by atoms with Crippen molar-refractivity contribution in [3.05, 3.63) is 0 Å². The summed E-state index contributed by atoms with van der Waals surface area (Å²) in [5, 5.41) is 9.81. The summed E-state index contributed by atoms with van der Waals surface area (Å²) in [5.74, 6) is 0.438. The second kappa shape index (κ2) is 2.90. The van der Waals surface area contributed by atoms with E-state index in [4.69, 9.17) is 0 Å². The van der Waals surface area contributed by atoms with E-state index >= 15 is 0 Å². The minimum absolute atomic E-state index is 0.0409. The highest BCUT2D eigenvalue weighted by Gasteiger charge is 2.66. The lowest BCUT2D eigenvalue weighted by atomic mass is 9.64. The van der Waals surface area contributed by atoms with Gasteiger partial charge < -0.3 is 5.11 Å². The van der Waals surface area contributed by atoms with Gasteiger partial charge in [-0.05, 0) is 38.0 Å². The van der Waals surface area contributed by atoms with Crippen molar-refractivity contribution in [2.45, 2.75) is 51.3 Å². The van der Waals surface area contributed by atoms with E-state index in [0.717, 1.165) is 26.2 Å². The van der Waals surface area contributed by atoms with Crippen LogP contribution >= 0.6 is 0 Å². The monoisotopic (exact) mass is 222 g/mol. The molecule has 4 heteroatoms. The van der Waals surface area contributed by atoms with Crippen molar-refractivity contribution in [2.24, 2.45) is 17.3 Å². The van der Waals surface area contributed by atoms with Gasteiger partial charge in [-0.3, -0.25) is 0 Å². The second-order valence-electron chi connectivity index (χ2n) is 5.57. The highest BCUT2D eigenvalue weighted by atomic mass is 19.4. The first-order valence-corrected chi connectivity index (χ1v) is 5.47. The molecule has 88 valence electrons. The average molecular weight is 222 g/mol. The molecule has 0 aromatic heterocycles. The average Bonchev–Trinajstić information content (AvgIpc) is 2.61. The number of hydrogen-bond donors (Lipinski definition) is 1. The Morgan fingerprint density at radius 3 is 2.20 bits per heavy atom. The third-order valence-corrected chi connectivity index (χ3v) is 4.82. The SMILES string of the molecule is CC1(C(C)(O)C(F)(F)F)CC2CCC1C2. The molecule has 4 atom stereocenters.